The summed E-state index contributed by atoms with van der Waals surface area (Å²) >= 11 is 0. The average Bonchev–Trinajstić information content (AvgIpc) is 3.00. The molecule has 1 aliphatic heterocycles. The zero-order valence-corrected chi connectivity index (χ0v) is 12.1. The molecule has 118 valence electrons. The van der Waals surface area contributed by atoms with Crippen LogP contribution >= 0.6 is 0 Å². The third-order valence-corrected chi connectivity index (χ3v) is 4.30. The Labute approximate surface area is 130 Å². The predicted octanol–water partition coefficient (Wildman–Crippen LogP) is 4.70. The molecule has 0 spiro atoms. The fourth-order valence-corrected chi connectivity index (χ4v) is 3.15. The molecule has 2 aromatic carbocycles. The number of rotatable bonds is 1. The summed E-state index contributed by atoms with van der Waals surface area (Å²) in [5.74, 6) is 0.400. The Morgan fingerprint density at radius 2 is 1.83 bits per heavy atom. The average molecular weight is 317 g/mol. The van der Waals surface area contributed by atoms with Crippen LogP contribution in [0.2, 0.25) is 0 Å². The Bertz CT molecular complexity index is 853. The molecule has 2 atom stereocenters. The van der Waals surface area contributed by atoms with Crippen LogP contribution in [0.4, 0.5) is 19.0 Å². The number of halogens is 3. The lowest BCUT2D eigenvalue weighted by atomic mass is 9.95. The van der Waals surface area contributed by atoms with Crippen molar-refractivity contribution in [2.24, 2.45) is 0 Å². The van der Waals surface area contributed by atoms with Crippen molar-refractivity contribution in [3.63, 3.8) is 0 Å². The van der Waals surface area contributed by atoms with Crippen molar-refractivity contribution >= 4 is 16.6 Å². The van der Waals surface area contributed by atoms with E-state index in [1.165, 1.54) is 6.20 Å². The van der Waals surface area contributed by atoms with Gasteiger partial charge in [0.2, 0.25) is 0 Å². The molecule has 3 aromatic rings. The third kappa shape index (κ3) is 2.44. The number of nitrogens with zero attached hydrogens (tertiary/aromatic N) is 2. The van der Waals surface area contributed by atoms with E-state index in [4.69, 9.17) is 0 Å². The number of fused-ring (bicyclic) bond motifs is 2. The second-order valence-corrected chi connectivity index (χ2v) is 5.76. The van der Waals surface area contributed by atoms with Gasteiger partial charge in [-0.1, -0.05) is 36.4 Å². The summed E-state index contributed by atoms with van der Waals surface area (Å²) in [7, 11) is 0. The van der Waals surface area contributed by atoms with Gasteiger partial charge >= 0.3 is 6.18 Å². The van der Waals surface area contributed by atoms with Gasteiger partial charge in [-0.25, -0.2) is 4.68 Å². The first-order chi connectivity index (χ1) is 11.0. The monoisotopic (exact) mass is 317 g/mol. The quantitative estimate of drug-likeness (QED) is 0.705. The minimum Gasteiger partial charge on any atom is -0.363 e. The molecule has 23 heavy (non-hydrogen) atoms. The predicted molar refractivity (Wildman–Crippen MR) is 82.2 cm³/mol. The fourth-order valence-electron chi connectivity index (χ4n) is 3.15. The molecular weight excluding hydrogens is 303 g/mol. The number of benzene rings is 2. The van der Waals surface area contributed by atoms with Gasteiger partial charge in [0.25, 0.3) is 0 Å². The molecule has 4 rings (SSSR count). The molecule has 1 aromatic heterocycles. The van der Waals surface area contributed by atoms with E-state index in [2.05, 4.69) is 10.4 Å². The second kappa shape index (κ2) is 5.01. The van der Waals surface area contributed by atoms with Crippen LogP contribution in [0.25, 0.3) is 10.8 Å². The lowest BCUT2D eigenvalue weighted by Gasteiger charge is -2.33. The van der Waals surface area contributed by atoms with Gasteiger partial charge in [0.15, 0.2) is 6.04 Å². The van der Waals surface area contributed by atoms with Crippen molar-refractivity contribution in [2.75, 3.05) is 5.32 Å². The summed E-state index contributed by atoms with van der Waals surface area (Å²) in [6, 6.07) is 13.2. The summed E-state index contributed by atoms with van der Waals surface area (Å²) in [5, 5.41) is 9.07. The van der Waals surface area contributed by atoms with Crippen LogP contribution < -0.4 is 5.32 Å². The summed E-state index contributed by atoms with van der Waals surface area (Å²) in [4.78, 5) is 0. The number of alkyl halides is 3. The minimum atomic E-state index is -4.32. The molecule has 1 aliphatic rings. The maximum atomic E-state index is 13.4. The maximum Gasteiger partial charge on any atom is 0.410 e. The van der Waals surface area contributed by atoms with Crippen LogP contribution in [0.15, 0.2) is 54.7 Å². The first-order valence-electron chi connectivity index (χ1n) is 7.38. The van der Waals surface area contributed by atoms with Crippen LogP contribution in [0.3, 0.4) is 0 Å². The van der Waals surface area contributed by atoms with Crippen molar-refractivity contribution in [3.8, 4) is 0 Å². The largest absolute Gasteiger partial charge is 0.410 e. The van der Waals surface area contributed by atoms with Crippen molar-refractivity contribution in [2.45, 2.75) is 24.7 Å². The smallest absolute Gasteiger partial charge is 0.363 e. The van der Waals surface area contributed by atoms with Crippen LogP contribution in [0, 0.1) is 0 Å². The first-order valence-corrected chi connectivity index (χ1v) is 7.38. The summed E-state index contributed by atoms with van der Waals surface area (Å²) in [6.45, 7) is 0. The lowest BCUT2D eigenvalue weighted by molar-refractivity contribution is -0.173. The van der Waals surface area contributed by atoms with Gasteiger partial charge in [-0.2, -0.15) is 18.3 Å². The molecule has 0 unspecified atom stereocenters. The minimum absolute atomic E-state index is 0.0729. The van der Waals surface area contributed by atoms with E-state index < -0.39 is 18.3 Å². The van der Waals surface area contributed by atoms with E-state index in [-0.39, 0.29) is 6.42 Å². The van der Waals surface area contributed by atoms with Gasteiger partial charge in [-0.15, -0.1) is 0 Å². The highest BCUT2D eigenvalue weighted by molar-refractivity contribution is 5.83. The van der Waals surface area contributed by atoms with E-state index in [1.54, 1.807) is 6.07 Å². The summed E-state index contributed by atoms with van der Waals surface area (Å²) < 4.78 is 41.1. The molecule has 1 N–H and O–H groups in total. The molecule has 0 radical (unpaired) electrons. The van der Waals surface area contributed by atoms with E-state index in [1.807, 2.05) is 42.5 Å². The standard InChI is InChI=1S/C17H14F3N3/c18-17(19,20)15-10-14(22-16-7-8-21-23(15)16)13-6-5-11-3-1-2-4-12(11)9-13/h1-9,14-15,22H,10H2/t14-,15+/m0/s1. The van der Waals surface area contributed by atoms with E-state index in [9.17, 15) is 13.2 Å². The molecule has 0 aliphatic carbocycles. The van der Waals surface area contributed by atoms with E-state index in [0.29, 0.717) is 5.82 Å². The van der Waals surface area contributed by atoms with Crippen LogP contribution in [-0.4, -0.2) is 16.0 Å². The highest BCUT2D eigenvalue weighted by Crippen LogP contribution is 2.43. The summed E-state index contributed by atoms with van der Waals surface area (Å²) in [5.41, 5.74) is 0.852. The molecule has 6 heteroatoms. The van der Waals surface area contributed by atoms with E-state index >= 15 is 0 Å². The normalized spacial score (nSPS) is 21.0. The van der Waals surface area contributed by atoms with Gasteiger partial charge in [-0.3, -0.25) is 0 Å². The lowest BCUT2D eigenvalue weighted by Crippen LogP contribution is -2.35. The topological polar surface area (TPSA) is 29.9 Å². The van der Waals surface area contributed by atoms with Gasteiger partial charge in [0.05, 0.1) is 12.2 Å². The van der Waals surface area contributed by atoms with Crippen molar-refractivity contribution in [3.05, 3.63) is 60.3 Å². The molecule has 0 saturated heterocycles. The molecule has 0 fully saturated rings. The second-order valence-electron chi connectivity index (χ2n) is 5.76. The molecule has 0 bridgehead atoms. The molecule has 2 heterocycles. The molecule has 0 saturated carbocycles. The van der Waals surface area contributed by atoms with E-state index in [0.717, 1.165) is 21.0 Å². The van der Waals surface area contributed by atoms with Crippen molar-refractivity contribution < 1.29 is 13.2 Å². The number of hydrogen-bond donors (Lipinski definition) is 1. The van der Waals surface area contributed by atoms with Gasteiger partial charge in [0.1, 0.15) is 5.82 Å². The molecule has 0 amide bonds. The summed E-state index contributed by atoms with van der Waals surface area (Å²) in [6.07, 6.45) is -3.00. The fraction of sp³-hybridized carbons (Fsp3) is 0.235. The SMILES string of the molecule is FC(F)(F)[C@H]1C[C@@H](c2ccc3ccccc3c2)Nc2ccnn21. The third-order valence-electron chi connectivity index (χ3n) is 4.30. The van der Waals surface area contributed by atoms with Crippen molar-refractivity contribution in [1.82, 2.24) is 9.78 Å². The molecule has 3 nitrogen and oxygen atoms in total. The van der Waals surface area contributed by atoms with Gasteiger partial charge in [-0.05, 0) is 22.4 Å². The first kappa shape index (κ1) is 14.1. The Kier molecular flexibility index (Phi) is 3.07. The molecular formula is C17H14F3N3. The van der Waals surface area contributed by atoms with Gasteiger partial charge < -0.3 is 5.32 Å². The highest BCUT2D eigenvalue weighted by atomic mass is 19.4. The van der Waals surface area contributed by atoms with Crippen molar-refractivity contribution in [1.29, 1.82) is 0 Å². The maximum absolute atomic E-state index is 13.4. The van der Waals surface area contributed by atoms with Crippen LogP contribution in [0.5, 0.6) is 0 Å². The zero-order chi connectivity index (χ0) is 16.0. The number of nitrogens with one attached hydrogen (secondary N) is 1. The zero-order valence-electron chi connectivity index (χ0n) is 12.1. The Morgan fingerprint density at radius 3 is 2.61 bits per heavy atom. The Morgan fingerprint density at radius 1 is 1.04 bits per heavy atom. The van der Waals surface area contributed by atoms with Crippen LogP contribution in [-0.2, 0) is 0 Å². The highest BCUT2D eigenvalue weighted by Gasteiger charge is 2.46. The number of hydrogen-bond acceptors (Lipinski definition) is 2. The number of aromatic nitrogens is 2. The number of anilines is 1. The van der Waals surface area contributed by atoms with Crippen LogP contribution in [0.1, 0.15) is 24.1 Å². The van der Waals surface area contributed by atoms with Gasteiger partial charge in [0, 0.05) is 12.5 Å². The Balaban J connectivity index is 1.74. The Hall–Kier alpha value is -2.50.